The Kier molecular flexibility index (Phi) is 5.52. The summed E-state index contributed by atoms with van der Waals surface area (Å²) in [5.74, 6) is 0.129. The lowest BCUT2D eigenvalue weighted by Gasteiger charge is -2.40. The third kappa shape index (κ3) is 3.71. The molecular weight excluding hydrogens is 432 g/mol. The summed E-state index contributed by atoms with van der Waals surface area (Å²) in [6.07, 6.45) is 0.675. The molecule has 1 atom stereocenters. The molecule has 2 aromatic heterocycles. The fraction of sp³-hybridized carbons (Fsp3) is 0.304. The summed E-state index contributed by atoms with van der Waals surface area (Å²) < 4.78 is 29.8. The van der Waals surface area contributed by atoms with Crippen molar-refractivity contribution in [3.8, 4) is 5.88 Å². The second-order valence-electron chi connectivity index (χ2n) is 7.80. The van der Waals surface area contributed by atoms with Gasteiger partial charge in [0.1, 0.15) is 11.6 Å². The molecule has 4 aromatic rings. The molecule has 32 heavy (non-hydrogen) atoms. The van der Waals surface area contributed by atoms with Crippen LogP contribution in [0.1, 0.15) is 29.2 Å². The summed E-state index contributed by atoms with van der Waals surface area (Å²) in [6.45, 7) is 4.45. The lowest BCUT2D eigenvalue weighted by atomic mass is 10.0. The predicted octanol–water partition coefficient (Wildman–Crippen LogP) is 4.25. The summed E-state index contributed by atoms with van der Waals surface area (Å²) in [6, 6.07) is 12.9. The molecule has 2 aromatic carbocycles. The number of benzene rings is 2. The summed E-state index contributed by atoms with van der Waals surface area (Å²) in [5, 5.41) is 15.4. The van der Waals surface area contributed by atoms with Crippen LogP contribution in [0.25, 0.3) is 4.96 Å². The van der Waals surface area contributed by atoms with Gasteiger partial charge in [-0.3, -0.25) is 4.90 Å². The number of piperazine rings is 1. The number of aryl methyl sites for hydroxylation is 1. The van der Waals surface area contributed by atoms with E-state index in [1.165, 1.54) is 34.1 Å². The summed E-state index contributed by atoms with van der Waals surface area (Å²) in [5.41, 5.74) is 1.34. The topological polar surface area (TPSA) is 56.9 Å². The highest BCUT2D eigenvalue weighted by Crippen LogP contribution is 2.40. The Hall–Kier alpha value is -3.04. The molecule has 1 fully saturated rings. The smallest absolute Gasteiger partial charge is 0.230 e. The van der Waals surface area contributed by atoms with Crippen LogP contribution in [0.2, 0.25) is 0 Å². The number of hydrogen-bond acceptors (Lipinski definition) is 6. The van der Waals surface area contributed by atoms with Gasteiger partial charge in [0.25, 0.3) is 0 Å². The number of nitrogens with zero attached hydrogens (tertiary/aromatic N) is 5. The molecule has 0 amide bonds. The zero-order valence-corrected chi connectivity index (χ0v) is 18.4. The molecule has 1 unspecified atom stereocenters. The first-order valence-electron chi connectivity index (χ1n) is 10.6. The maximum Gasteiger partial charge on any atom is 0.230 e. The molecule has 1 N–H and O–H groups in total. The molecule has 166 valence electrons. The fourth-order valence-electron chi connectivity index (χ4n) is 4.25. The summed E-state index contributed by atoms with van der Waals surface area (Å²) >= 11 is 1.36. The zero-order chi connectivity index (χ0) is 22.2. The minimum Gasteiger partial charge on any atom is -0.492 e. The number of para-hydroxylation sites is 1. The van der Waals surface area contributed by atoms with Gasteiger partial charge in [0.15, 0.2) is 5.82 Å². The van der Waals surface area contributed by atoms with E-state index in [-0.39, 0.29) is 23.6 Å². The Balaban J connectivity index is 1.49. The number of halogens is 2. The average Bonchev–Trinajstić information content (AvgIpc) is 3.34. The van der Waals surface area contributed by atoms with Gasteiger partial charge in [-0.25, -0.2) is 13.8 Å². The van der Waals surface area contributed by atoms with Crippen LogP contribution in [0.5, 0.6) is 5.88 Å². The van der Waals surface area contributed by atoms with Gasteiger partial charge in [-0.05, 0) is 29.8 Å². The number of rotatable bonds is 5. The van der Waals surface area contributed by atoms with Crippen LogP contribution in [-0.2, 0) is 6.42 Å². The minimum absolute atomic E-state index is 0.0306. The van der Waals surface area contributed by atoms with Crippen molar-refractivity contribution in [2.75, 3.05) is 31.1 Å². The van der Waals surface area contributed by atoms with Crippen molar-refractivity contribution >= 4 is 22.0 Å². The lowest BCUT2D eigenvalue weighted by Crippen LogP contribution is -2.48. The molecule has 0 spiro atoms. The van der Waals surface area contributed by atoms with Crippen molar-refractivity contribution < 1.29 is 13.9 Å². The second-order valence-corrected chi connectivity index (χ2v) is 8.81. The maximum absolute atomic E-state index is 14.3. The average molecular weight is 456 g/mol. The van der Waals surface area contributed by atoms with Crippen molar-refractivity contribution in [1.29, 1.82) is 0 Å². The van der Waals surface area contributed by atoms with E-state index in [2.05, 4.69) is 15.0 Å². The Morgan fingerprint density at radius 3 is 2.53 bits per heavy atom. The predicted molar refractivity (Wildman–Crippen MR) is 120 cm³/mol. The van der Waals surface area contributed by atoms with Gasteiger partial charge in [-0.1, -0.05) is 42.5 Å². The van der Waals surface area contributed by atoms with E-state index >= 15 is 0 Å². The molecule has 0 bridgehead atoms. The highest BCUT2D eigenvalue weighted by atomic mass is 32.1. The molecule has 6 nitrogen and oxygen atoms in total. The van der Waals surface area contributed by atoms with E-state index in [1.54, 1.807) is 18.2 Å². The monoisotopic (exact) mass is 455 g/mol. The summed E-state index contributed by atoms with van der Waals surface area (Å²) in [4.78, 5) is 9.98. The van der Waals surface area contributed by atoms with Crippen LogP contribution in [0.3, 0.4) is 0 Å². The van der Waals surface area contributed by atoms with Crippen molar-refractivity contribution in [2.24, 2.45) is 0 Å². The molecule has 0 aliphatic carbocycles. The van der Waals surface area contributed by atoms with Gasteiger partial charge >= 0.3 is 0 Å². The zero-order valence-electron chi connectivity index (χ0n) is 17.6. The van der Waals surface area contributed by atoms with Crippen LogP contribution in [-0.4, -0.2) is 50.8 Å². The van der Waals surface area contributed by atoms with Crippen molar-refractivity contribution in [3.05, 3.63) is 76.4 Å². The first kappa shape index (κ1) is 20.8. The Morgan fingerprint density at radius 2 is 1.84 bits per heavy atom. The number of anilines is 1. The van der Waals surface area contributed by atoms with Crippen LogP contribution in [0, 0.1) is 11.6 Å². The van der Waals surface area contributed by atoms with E-state index in [0.717, 1.165) is 5.56 Å². The molecule has 5 rings (SSSR count). The largest absolute Gasteiger partial charge is 0.492 e. The number of aromatic nitrogens is 3. The normalized spacial score (nSPS) is 16.0. The van der Waals surface area contributed by atoms with Gasteiger partial charge in [-0.15, -0.1) is 5.10 Å². The minimum atomic E-state index is -0.355. The lowest BCUT2D eigenvalue weighted by molar-refractivity contribution is 0.210. The van der Waals surface area contributed by atoms with E-state index in [4.69, 9.17) is 0 Å². The van der Waals surface area contributed by atoms with Gasteiger partial charge < -0.3 is 10.0 Å². The SMILES string of the molecule is CCc1nc2sc(C(c3cccc(F)c3)N3CCN(c4ccccc4F)CC3)c(O)n2n1. The Labute approximate surface area is 188 Å². The molecular formula is C23H23F2N5OS. The third-order valence-corrected chi connectivity index (χ3v) is 6.92. The van der Waals surface area contributed by atoms with Gasteiger partial charge in [0.05, 0.1) is 16.6 Å². The van der Waals surface area contributed by atoms with Crippen LogP contribution in [0.15, 0.2) is 48.5 Å². The third-order valence-electron chi connectivity index (χ3n) is 5.85. The molecule has 0 saturated carbocycles. The highest BCUT2D eigenvalue weighted by molar-refractivity contribution is 7.17. The molecule has 0 radical (unpaired) electrons. The molecule has 1 aliphatic rings. The van der Waals surface area contributed by atoms with E-state index in [9.17, 15) is 13.9 Å². The molecule has 1 saturated heterocycles. The quantitative estimate of drug-likeness (QED) is 0.488. The van der Waals surface area contributed by atoms with Gasteiger partial charge in [-0.2, -0.15) is 4.52 Å². The Bertz CT molecular complexity index is 1250. The Morgan fingerprint density at radius 1 is 1.06 bits per heavy atom. The van der Waals surface area contributed by atoms with E-state index in [1.807, 2.05) is 24.0 Å². The number of hydrogen-bond donors (Lipinski definition) is 1. The molecule has 1 aliphatic heterocycles. The van der Waals surface area contributed by atoms with Gasteiger partial charge in [0.2, 0.25) is 10.8 Å². The first-order valence-corrected chi connectivity index (χ1v) is 11.4. The van der Waals surface area contributed by atoms with Crippen LogP contribution < -0.4 is 4.90 Å². The first-order chi connectivity index (χ1) is 15.5. The fourth-order valence-corrected chi connectivity index (χ4v) is 5.39. The van der Waals surface area contributed by atoms with Crippen molar-refractivity contribution in [2.45, 2.75) is 19.4 Å². The number of thiazole rings is 1. The standard InChI is InChI=1S/C23H23F2N5OS/c1-2-19-26-23-30(27-19)22(31)21(32-23)20(15-6-5-7-16(24)14-15)29-12-10-28(11-13-29)18-9-4-3-8-17(18)25/h3-9,14,20,31H,2,10-13H2,1H3. The van der Waals surface area contributed by atoms with E-state index in [0.29, 0.717) is 53.9 Å². The van der Waals surface area contributed by atoms with Crippen LogP contribution >= 0.6 is 11.3 Å². The molecule has 3 heterocycles. The summed E-state index contributed by atoms with van der Waals surface area (Å²) in [7, 11) is 0. The maximum atomic E-state index is 14.3. The highest BCUT2D eigenvalue weighted by Gasteiger charge is 2.32. The van der Waals surface area contributed by atoms with Crippen molar-refractivity contribution in [3.63, 3.8) is 0 Å². The second kappa shape index (κ2) is 8.48. The molecule has 9 heteroatoms. The number of fused-ring (bicyclic) bond motifs is 1. The van der Waals surface area contributed by atoms with Gasteiger partial charge in [0, 0.05) is 32.6 Å². The van der Waals surface area contributed by atoms with Crippen LogP contribution in [0.4, 0.5) is 14.5 Å². The van der Waals surface area contributed by atoms with E-state index < -0.39 is 0 Å². The van der Waals surface area contributed by atoms with Crippen molar-refractivity contribution in [1.82, 2.24) is 19.5 Å². The number of aromatic hydroxyl groups is 1.